The van der Waals surface area contributed by atoms with E-state index in [9.17, 15) is 4.79 Å². The van der Waals surface area contributed by atoms with Gasteiger partial charge in [0.05, 0.1) is 25.1 Å². The number of pyridine rings is 3. The summed E-state index contributed by atoms with van der Waals surface area (Å²) < 4.78 is 34.5. The summed E-state index contributed by atoms with van der Waals surface area (Å²) in [5, 5.41) is 4.82. The third-order valence-corrected chi connectivity index (χ3v) is 7.07. The van der Waals surface area contributed by atoms with Crippen molar-refractivity contribution in [3.05, 3.63) is 112 Å². The van der Waals surface area contributed by atoms with Crippen molar-refractivity contribution in [2.75, 3.05) is 19.5 Å². The predicted octanol–water partition coefficient (Wildman–Crippen LogP) is 7.39. The van der Waals surface area contributed by atoms with Crippen LogP contribution in [0.3, 0.4) is 0 Å². The highest BCUT2D eigenvalue weighted by atomic mass is 79.9. The smallest absolute Gasteiger partial charge is 0.266 e. The fourth-order valence-corrected chi connectivity index (χ4v) is 4.80. The number of ether oxygens (including phenoxy) is 3. The number of nitrogens with zero attached hydrogens (tertiary/aromatic N) is 3. The van der Waals surface area contributed by atoms with Crippen molar-refractivity contribution < 1.29 is 18.6 Å². The predicted molar refractivity (Wildman–Crippen MR) is 160 cm³/mol. The van der Waals surface area contributed by atoms with E-state index >= 15 is 4.39 Å². The molecule has 3 aromatic carbocycles. The summed E-state index contributed by atoms with van der Waals surface area (Å²) in [6.07, 6.45) is 4.89. The van der Waals surface area contributed by atoms with Gasteiger partial charge in [0.15, 0.2) is 23.1 Å². The zero-order valence-corrected chi connectivity index (χ0v) is 23.5. The van der Waals surface area contributed by atoms with Crippen LogP contribution in [0, 0.1) is 5.82 Å². The van der Waals surface area contributed by atoms with Gasteiger partial charge in [-0.3, -0.25) is 14.3 Å². The number of anilines is 2. The SMILES string of the molecule is COc1cc2nccc(Oc3ccc(Nc4nccc5ccn(-c6ccc(Br)cc6)c(=O)c45)cc3F)c2cc1OC. The lowest BCUT2D eigenvalue weighted by molar-refractivity contribution is 0.355. The standard InChI is InChI=1S/C31H22BrFN4O4/c1-39-27-16-22-24(17-28(27)40-2)34-13-10-25(22)41-26-8-5-20(15-23(26)33)36-30-29-18(9-12-35-30)11-14-37(31(29)38)21-6-3-19(32)4-7-21/h3-17H,1-2H3,(H,35,36). The monoisotopic (exact) mass is 612 g/mol. The van der Waals surface area contributed by atoms with E-state index in [2.05, 4.69) is 31.2 Å². The van der Waals surface area contributed by atoms with Crippen LogP contribution in [0.25, 0.3) is 27.4 Å². The summed E-state index contributed by atoms with van der Waals surface area (Å²) in [4.78, 5) is 22.2. The van der Waals surface area contributed by atoms with Crippen LogP contribution in [0.15, 0.2) is 101 Å². The molecular weight excluding hydrogens is 591 g/mol. The number of halogens is 2. The molecule has 204 valence electrons. The van der Waals surface area contributed by atoms with Crippen LogP contribution in [0.1, 0.15) is 0 Å². The Morgan fingerprint density at radius 3 is 2.34 bits per heavy atom. The second-order valence-electron chi connectivity index (χ2n) is 9.00. The summed E-state index contributed by atoms with van der Waals surface area (Å²) in [7, 11) is 3.08. The van der Waals surface area contributed by atoms with Crippen LogP contribution in [0.4, 0.5) is 15.9 Å². The van der Waals surface area contributed by atoms with Crippen LogP contribution >= 0.6 is 15.9 Å². The molecule has 10 heteroatoms. The molecule has 0 radical (unpaired) electrons. The lowest BCUT2D eigenvalue weighted by Crippen LogP contribution is -2.19. The van der Waals surface area contributed by atoms with Crippen molar-refractivity contribution in [2.24, 2.45) is 0 Å². The lowest BCUT2D eigenvalue weighted by atomic mass is 10.1. The number of nitrogens with one attached hydrogen (secondary N) is 1. The third kappa shape index (κ3) is 5.05. The molecular formula is C31H22BrFN4O4. The van der Waals surface area contributed by atoms with Gasteiger partial charge in [-0.2, -0.15) is 0 Å². The number of fused-ring (bicyclic) bond motifs is 2. The molecule has 0 atom stereocenters. The summed E-state index contributed by atoms with van der Waals surface area (Å²) in [6, 6.07) is 20.6. The maximum atomic E-state index is 15.3. The number of hydrogen-bond donors (Lipinski definition) is 1. The Hall–Kier alpha value is -4.96. The van der Waals surface area contributed by atoms with Crippen LogP contribution in [-0.4, -0.2) is 28.8 Å². The van der Waals surface area contributed by atoms with Crippen molar-refractivity contribution in [3.63, 3.8) is 0 Å². The van der Waals surface area contributed by atoms with Gasteiger partial charge in [-0.1, -0.05) is 15.9 Å². The number of methoxy groups -OCH3 is 2. The van der Waals surface area contributed by atoms with Gasteiger partial charge >= 0.3 is 0 Å². The van der Waals surface area contributed by atoms with Crippen LogP contribution in [-0.2, 0) is 0 Å². The zero-order valence-electron chi connectivity index (χ0n) is 21.9. The average molecular weight is 613 g/mol. The number of benzene rings is 3. The second-order valence-corrected chi connectivity index (χ2v) is 9.91. The molecule has 0 saturated heterocycles. The molecule has 6 rings (SSSR count). The molecule has 0 aliphatic rings. The fraction of sp³-hybridized carbons (Fsp3) is 0.0645. The molecule has 1 N–H and O–H groups in total. The van der Waals surface area contributed by atoms with Crippen molar-refractivity contribution >= 4 is 49.1 Å². The van der Waals surface area contributed by atoms with Crippen LogP contribution in [0.5, 0.6) is 23.0 Å². The Kier molecular flexibility index (Phi) is 6.98. The normalized spacial score (nSPS) is 11.0. The first-order valence-electron chi connectivity index (χ1n) is 12.5. The topological polar surface area (TPSA) is 87.5 Å². The van der Waals surface area contributed by atoms with Crippen molar-refractivity contribution in [1.82, 2.24) is 14.5 Å². The zero-order chi connectivity index (χ0) is 28.5. The molecule has 0 unspecified atom stereocenters. The third-order valence-electron chi connectivity index (χ3n) is 6.55. The molecule has 3 heterocycles. The van der Waals surface area contributed by atoms with Gasteiger partial charge in [0.2, 0.25) is 0 Å². The summed E-state index contributed by atoms with van der Waals surface area (Å²) in [6.45, 7) is 0. The average Bonchev–Trinajstić information content (AvgIpc) is 2.99. The Labute approximate surface area is 242 Å². The van der Waals surface area contributed by atoms with E-state index in [-0.39, 0.29) is 11.3 Å². The Morgan fingerprint density at radius 2 is 1.59 bits per heavy atom. The highest BCUT2D eigenvalue weighted by Crippen LogP contribution is 2.38. The van der Waals surface area contributed by atoms with E-state index < -0.39 is 5.82 Å². The molecule has 8 nitrogen and oxygen atoms in total. The molecule has 0 bridgehead atoms. The molecule has 3 aromatic heterocycles. The summed E-state index contributed by atoms with van der Waals surface area (Å²) in [5.41, 5.74) is 1.47. The van der Waals surface area contributed by atoms with Gasteiger partial charge in [0.1, 0.15) is 11.6 Å². The van der Waals surface area contributed by atoms with E-state index in [0.717, 1.165) is 4.47 Å². The van der Waals surface area contributed by atoms with Gasteiger partial charge in [0, 0.05) is 52.0 Å². The second kappa shape index (κ2) is 10.9. The highest BCUT2D eigenvalue weighted by Gasteiger charge is 2.15. The molecule has 0 aliphatic carbocycles. The van der Waals surface area contributed by atoms with E-state index in [1.165, 1.54) is 19.2 Å². The van der Waals surface area contributed by atoms with E-state index in [1.54, 1.807) is 60.6 Å². The van der Waals surface area contributed by atoms with E-state index in [4.69, 9.17) is 14.2 Å². The van der Waals surface area contributed by atoms with E-state index in [0.29, 0.717) is 56.1 Å². The van der Waals surface area contributed by atoms with Gasteiger partial charge in [-0.25, -0.2) is 9.37 Å². The number of hydrogen-bond acceptors (Lipinski definition) is 7. The van der Waals surface area contributed by atoms with Gasteiger partial charge in [-0.05, 0) is 66.0 Å². The van der Waals surface area contributed by atoms with Gasteiger partial charge in [-0.15, -0.1) is 0 Å². The van der Waals surface area contributed by atoms with Crippen LogP contribution in [0.2, 0.25) is 0 Å². The largest absolute Gasteiger partial charge is 0.493 e. The lowest BCUT2D eigenvalue weighted by Gasteiger charge is -2.14. The van der Waals surface area contributed by atoms with Gasteiger partial charge < -0.3 is 19.5 Å². The Balaban J connectivity index is 1.32. The van der Waals surface area contributed by atoms with Crippen LogP contribution < -0.4 is 25.1 Å². The minimum Gasteiger partial charge on any atom is -0.493 e. The first kappa shape index (κ1) is 26.3. The van der Waals surface area contributed by atoms with Crippen molar-refractivity contribution in [1.29, 1.82) is 0 Å². The molecule has 0 spiro atoms. The first-order chi connectivity index (χ1) is 19.9. The molecule has 0 saturated carbocycles. The fourth-order valence-electron chi connectivity index (χ4n) is 4.54. The first-order valence-corrected chi connectivity index (χ1v) is 13.3. The van der Waals surface area contributed by atoms with E-state index in [1.807, 2.05) is 30.3 Å². The van der Waals surface area contributed by atoms with Crippen molar-refractivity contribution in [2.45, 2.75) is 0 Å². The quantitative estimate of drug-likeness (QED) is 0.201. The summed E-state index contributed by atoms with van der Waals surface area (Å²) in [5.74, 6) is 1.15. The van der Waals surface area contributed by atoms with Crippen molar-refractivity contribution in [3.8, 4) is 28.7 Å². The maximum Gasteiger partial charge on any atom is 0.266 e. The molecule has 0 amide bonds. The number of aromatic nitrogens is 3. The van der Waals surface area contributed by atoms with Gasteiger partial charge in [0.25, 0.3) is 5.56 Å². The minimum absolute atomic E-state index is 0.0151. The molecule has 0 aliphatic heterocycles. The minimum atomic E-state index is -0.604. The Morgan fingerprint density at radius 1 is 0.829 bits per heavy atom. The maximum absolute atomic E-state index is 15.3. The number of rotatable bonds is 7. The Bertz CT molecular complexity index is 1980. The summed E-state index contributed by atoms with van der Waals surface area (Å²) >= 11 is 3.42. The highest BCUT2D eigenvalue weighted by molar-refractivity contribution is 9.10. The molecule has 6 aromatic rings. The molecule has 0 fully saturated rings. The molecule has 41 heavy (non-hydrogen) atoms.